The Bertz CT molecular complexity index is 813. The second-order valence-electron chi connectivity index (χ2n) is 6.40. The van der Waals surface area contributed by atoms with Gasteiger partial charge in [0, 0.05) is 12.6 Å². The molecule has 0 aliphatic heterocycles. The molecule has 0 bridgehead atoms. The summed E-state index contributed by atoms with van der Waals surface area (Å²) in [5, 5.41) is 0. The smallest absolute Gasteiger partial charge is 0.240 e. The lowest BCUT2D eigenvalue weighted by Crippen LogP contribution is -2.38. The second kappa shape index (κ2) is 8.03. The van der Waals surface area contributed by atoms with E-state index in [1.807, 2.05) is 0 Å². The first-order valence-corrected chi connectivity index (χ1v) is 11.4. The number of aryl methyl sites for hydroxylation is 2. The topological polar surface area (TPSA) is 102 Å². The zero-order valence-electron chi connectivity index (χ0n) is 14.8. The Morgan fingerprint density at radius 2 is 1.72 bits per heavy atom. The van der Waals surface area contributed by atoms with Crippen LogP contribution in [0.5, 0.6) is 5.75 Å². The zero-order valence-corrected chi connectivity index (χ0v) is 16.5. The number of nitrogens with one attached hydrogen (secondary N) is 2. The van der Waals surface area contributed by atoms with E-state index < -0.39 is 20.0 Å². The molecule has 2 N–H and O–H groups in total. The Labute approximate surface area is 150 Å². The third-order valence-electron chi connectivity index (χ3n) is 4.35. The lowest BCUT2D eigenvalue weighted by atomic mass is 10.1. The summed E-state index contributed by atoms with van der Waals surface area (Å²) >= 11 is 0. The number of rotatable bonds is 8. The number of sulfonamides is 2. The number of methoxy groups -OCH3 is 1. The molecule has 2 rings (SSSR count). The van der Waals surface area contributed by atoms with Crippen molar-refractivity contribution in [1.29, 1.82) is 0 Å². The Kier molecular flexibility index (Phi) is 6.47. The van der Waals surface area contributed by atoms with Gasteiger partial charge in [0.15, 0.2) is 0 Å². The van der Waals surface area contributed by atoms with Gasteiger partial charge in [-0.25, -0.2) is 26.3 Å². The largest absolute Gasteiger partial charge is 0.496 e. The van der Waals surface area contributed by atoms with E-state index in [-0.39, 0.29) is 23.2 Å². The third-order valence-corrected chi connectivity index (χ3v) is 7.38. The second-order valence-corrected chi connectivity index (χ2v) is 10.0. The fourth-order valence-corrected chi connectivity index (χ4v) is 5.72. The molecule has 0 amide bonds. The minimum absolute atomic E-state index is 0.0203. The molecule has 0 atom stereocenters. The Balaban J connectivity index is 2.01. The Morgan fingerprint density at radius 1 is 1.08 bits per heavy atom. The number of hydrogen-bond donors (Lipinski definition) is 2. The molecule has 142 valence electrons. The Hall–Kier alpha value is -1.16. The molecule has 1 saturated carbocycles. The standard InChI is InChI=1S/C16H26N2O5S2/c1-12-11-16(13(2)10-15(12)23-3)25(21,22)17-8-9-24(19,20)18-14-6-4-5-7-14/h10-11,14,17-18H,4-9H2,1-3H3. The molecule has 0 aromatic heterocycles. The average molecular weight is 391 g/mol. The van der Waals surface area contributed by atoms with Crippen molar-refractivity contribution in [1.82, 2.24) is 9.44 Å². The van der Waals surface area contributed by atoms with Crippen molar-refractivity contribution >= 4 is 20.0 Å². The van der Waals surface area contributed by atoms with Crippen LogP contribution in [0.2, 0.25) is 0 Å². The highest BCUT2D eigenvalue weighted by Gasteiger charge is 2.23. The van der Waals surface area contributed by atoms with Crippen LogP contribution >= 0.6 is 0 Å². The van der Waals surface area contributed by atoms with E-state index in [9.17, 15) is 16.8 Å². The number of ether oxygens (including phenoxy) is 1. The molecule has 7 nitrogen and oxygen atoms in total. The van der Waals surface area contributed by atoms with E-state index in [2.05, 4.69) is 9.44 Å². The summed E-state index contributed by atoms with van der Waals surface area (Å²) < 4.78 is 59.2. The van der Waals surface area contributed by atoms with Crippen LogP contribution in [0, 0.1) is 13.8 Å². The van der Waals surface area contributed by atoms with Crippen molar-refractivity contribution in [3.05, 3.63) is 23.3 Å². The van der Waals surface area contributed by atoms with Gasteiger partial charge in [0.1, 0.15) is 5.75 Å². The lowest BCUT2D eigenvalue weighted by Gasteiger charge is -2.14. The SMILES string of the molecule is COc1cc(C)c(S(=O)(=O)NCCS(=O)(=O)NC2CCCC2)cc1C. The van der Waals surface area contributed by atoms with Gasteiger partial charge in [0.25, 0.3) is 0 Å². The molecule has 0 heterocycles. The van der Waals surface area contributed by atoms with Crippen LogP contribution in [0.25, 0.3) is 0 Å². The summed E-state index contributed by atoms with van der Waals surface area (Å²) in [4.78, 5) is 0.131. The van der Waals surface area contributed by atoms with Crippen molar-refractivity contribution in [2.45, 2.75) is 50.5 Å². The van der Waals surface area contributed by atoms with E-state index in [0.29, 0.717) is 16.9 Å². The van der Waals surface area contributed by atoms with Crippen molar-refractivity contribution < 1.29 is 21.6 Å². The van der Waals surface area contributed by atoms with Crippen molar-refractivity contribution in [3.63, 3.8) is 0 Å². The monoisotopic (exact) mass is 390 g/mol. The maximum atomic E-state index is 12.5. The van der Waals surface area contributed by atoms with E-state index in [0.717, 1.165) is 25.7 Å². The van der Waals surface area contributed by atoms with Gasteiger partial charge in [-0.1, -0.05) is 12.8 Å². The maximum Gasteiger partial charge on any atom is 0.240 e. The van der Waals surface area contributed by atoms with E-state index in [1.54, 1.807) is 19.9 Å². The van der Waals surface area contributed by atoms with Crippen LogP contribution in [0.3, 0.4) is 0 Å². The molecule has 0 radical (unpaired) electrons. The first-order valence-electron chi connectivity index (χ1n) is 8.29. The molecule has 1 aromatic carbocycles. The first kappa shape index (κ1) is 20.2. The molecule has 0 saturated heterocycles. The minimum atomic E-state index is -3.79. The van der Waals surface area contributed by atoms with Crippen LogP contribution in [0.1, 0.15) is 36.8 Å². The number of hydrogen-bond acceptors (Lipinski definition) is 5. The normalized spacial score (nSPS) is 16.3. The minimum Gasteiger partial charge on any atom is -0.496 e. The van der Waals surface area contributed by atoms with E-state index in [1.165, 1.54) is 13.2 Å². The lowest BCUT2D eigenvalue weighted by molar-refractivity contribution is 0.411. The van der Waals surface area contributed by atoms with Gasteiger partial charge in [-0.2, -0.15) is 0 Å². The maximum absolute atomic E-state index is 12.5. The summed E-state index contributed by atoms with van der Waals surface area (Å²) in [6.45, 7) is 3.26. The van der Waals surface area contributed by atoms with Crippen molar-refractivity contribution in [2.75, 3.05) is 19.4 Å². The van der Waals surface area contributed by atoms with E-state index >= 15 is 0 Å². The van der Waals surface area contributed by atoms with Gasteiger partial charge in [0.2, 0.25) is 20.0 Å². The molecule has 1 aromatic rings. The van der Waals surface area contributed by atoms with Crippen LogP contribution < -0.4 is 14.2 Å². The molecular formula is C16H26N2O5S2. The van der Waals surface area contributed by atoms with Crippen LogP contribution in [0.15, 0.2) is 17.0 Å². The first-order chi connectivity index (χ1) is 11.6. The molecule has 1 fully saturated rings. The van der Waals surface area contributed by atoms with E-state index in [4.69, 9.17) is 4.74 Å². The van der Waals surface area contributed by atoms with Gasteiger partial charge < -0.3 is 4.74 Å². The van der Waals surface area contributed by atoms with Gasteiger partial charge >= 0.3 is 0 Å². The summed E-state index contributed by atoms with van der Waals surface area (Å²) in [5.41, 5.74) is 1.24. The number of benzene rings is 1. The Morgan fingerprint density at radius 3 is 2.32 bits per heavy atom. The van der Waals surface area contributed by atoms with Crippen molar-refractivity contribution in [3.8, 4) is 5.75 Å². The summed E-state index contributed by atoms with van der Waals surface area (Å²) in [6.07, 6.45) is 3.73. The third kappa shape index (κ3) is 5.40. The molecular weight excluding hydrogens is 364 g/mol. The zero-order chi connectivity index (χ0) is 18.7. The molecule has 25 heavy (non-hydrogen) atoms. The molecule has 0 unspecified atom stereocenters. The summed E-state index contributed by atoms with van der Waals surface area (Å²) in [6, 6.07) is 3.16. The summed E-state index contributed by atoms with van der Waals surface area (Å²) in [7, 11) is -5.76. The van der Waals surface area contributed by atoms with Gasteiger partial charge in [-0.3, -0.25) is 0 Å². The average Bonchev–Trinajstić information content (AvgIpc) is 3.00. The molecule has 1 aliphatic carbocycles. The fraction of sp³-hybridized carbons (Fsp3) is 0.625. The molecule has 9 heteroatoms. The van der Waals surface area contributed by atoms with Gasteiger partial charge in [-0.15, -0.1) is 0 Å². The summed E-state index contributed by atoms with van der Waals surface area (Å²) in [5.74, 6) is 0.330. The molecule has 0 spiro atoms. The highest BCUT2D eigenvalue weighted by Crippen LogP contribution is 2.25. The highest BCUT2D eigenvalue weighted by atomic mass is 32.2. The predicted octanol–water partition coefficient (Wildman–Crippen LogP) is 1.45. The molecule has 1 aliphatic rings. The predicted molar refractivity (Wildman–Crippen MR) is 96.8 cm³/mol. The van der Waals surface area contributed by atoms with Gasteiger partial charge in [-0.05, 0) is 49.9 Å². The van der Waals surface area contributed by atoms with Crippen LogP contribution in [-0.4, -0.2) is 42.3 Å². The van der Waals surface area contributed by atoms with Gasteiger partial charge in [0.05, 0.1) is 17.8 Å². The van der Waals surface area contributed by atoms with Crippen molar-refractivity contribution in [2.24, 2.45) is 0 Å². The highest BCUT2D eigenvalue weighted by molar-refractivity contribution is 7.90. The quantitative estimate of drug-likeness (QED) is 0.700. The van der Waals surface area contributed by atoms with Crippen LogP contribution in [0.4, 0.5) is 0 Å². The fourth-order valence-electron chi connectivity index (χ4n) is 3.02. The van der Waals surface area contributed by atoms with Crippen LogP contribution in [-0.2, 0) is 20.0 Å².